The van der Waals surface area contributed by atoms with Crippen molar-refractivity contribution in [1.29, 1.82) is 0 Å². The number of amides is 1. The fourth-order valence-electron chi connectivity index (χ4n) is 2.13. The highest BCUT2D eigenvalue weighted by molar-refractivity contribution is 7.85. The van der Waals surface area contributed by atoms with Crippen LogP contribution >= 0.6 is 0 Å². The summed E-state index contributed by atoms with van der Waals surface area (Å²) in [6, 6.07) is 5.33. The molecule has 0 saturated carbocycles. The number of carbonyl (C=O) groups excluding carboxylic acids is 1. The number of carbonyl (C=O) groups is 1. The van der Waals surface area contributed by atoms with Crippen molar-refractivity contribution >= 4 is 22.4 Å². The third kappa shape index (κ3) is 3.47. The van der Waals surface area contributed by atoms with Gasteiger partial charge in [-0.1, -0.05) is 0 Å². The summed E-state index contributed by atoms with van der Waals surface area (Å²) >= 11 is 0. The highest BCUT2D eigenvalue weighted by atomic mass is 32.2. The molecule has 1 aliphatic rings. The van der Waals surface area contributed by atoms with Crippen molar-refractivity contribution in [3.8, 4) is 5.75 Å². The summed E-state index contributed by atoms with van der Waals surface area (Å²) in [5.41, 5.74) is 6.49. The largest absolute Gasteiger partial charge is 0.495 e. The first kappa shape index (κ1) is 13.9. The van der Waals surface area contributed by atoms with Crippen LogP contribution in [0.3, 0.4) is 0 Å². The van der Waals surface area contributed by atoms with Crippen molar-refractivity contribution in [2.45, 2.75) is 18.9 Å². The first-order chi connectivity index (χ1) is 9.10. The molecule has 0 aromatic heterocycles. The molecule has 5 nitrogen and oxygen atoms in total. The van der Waals surface area contributed by atoms with Gasteiger partial charge in [0.15, 0.2) is 0 Å². The number of nitrogens with two attached hydrogens (primary N) is 1. The lowest BCUT2D eigenvalue weighted by atomic mass is 10.1. The Hall–Kier alpha value is -1.56. The Kier molecular flexibility index (Phi) is 4.42. The van der Waals surface area contributed by atoms with Crippen LogP contribution in [-0.2, 0) is 10.8 Å². The van der Waals surface area contributed by atoms with Gasteiger partial charge in [-0.15, -0.1) is 0 Å². The Balaban J connectivity index is 2.15. The minimum atomic E-state index is -0.683. The molecule has 0 atom stereocenters. The van der Waals surface area contributed by atoms with E-state index in [4.69, 9.17) is 10.5 Å². The van der Waals surface area contributed by atoms with E-state index >= 15 is 0 Å². The first-order valence-corrected chi connectivity index (χ1v) is 7.68. The standard InChI is InChI=1S/C13H18N2O3S/c1-18-12-3-2-9(13(14)16)8-11(12)15-10-4-6-19(17)7-5-10/h2-3,8,10,15H,4-7H2,1H3,(H2,14,16). The SMILES string of the molecule is COc1ccc(C(N)=O)cc1NC1CCS(=O)CC1. The van der Waals surface area contributed by atoms with E-state index in [2.05, 4.69) is 5.32 Å². The Morgan fingerprint density at radius 2 is 2.11 bits per heavy atom. The van der Waals surface area contributed by atoms with E-state index in [1.807, 2.05) is 0 Å². The van der Waals surface area contributed by atoms with Crippen molar-refractivity contribution in [2.24, 2.45) is 5.73 Å². The molecule has 1 heterocycles. The van der Waals surface area contributed by atoms with Gasteiger partial charge >= 0.3 is 0 Å². The Labute approximate surface area is 115 Å². The lowest BCUT2D eigenvalue weighted by Gasteiger charge is -2.24. The van der Waals surface area contributed by atoms with Crippen molar-refractivity contribution < 1.29 is 13.7 Å². The van der Waals surface area contributed by atoms with Crippen LogP contribution in [0.2, 0.25) is 0 Å². The predicted octanol–water partition coefficient (Wildman–Crippen LogP) is 1.12. The van der Waals surface area contributed by atoms with E-state index in [9.17, 15) is 9.00 Å². The van der Waals surface area contributed by atoms with Gasteiger partial charge in [0, 0.05) is 33.9 Å². The molecule has 1 fully saturated rings. The molecule has 3 N–H and O–H groups in total. The topological polar surface area (TPSA) is 81.4 Å². The van der Waals surface area contributed by atoms with Crippen LogP contribution in [0.15, 0.2) is 18.2 Å². The second-order valence-electron chi connectivity index (χ2n) is 4.55. The highest BCUT2D eigenvalue weighted by Gasteiger charge is 2.19. The molecule has 0 unspecified atom stereocenters. The second kappa shape index (κ2) is 6.06. The molecular weight excluding hydrogens is 264 g/mol. The van der Waals surface area contributed by atoms with Crippen LogP contribution in [-0.4, -0.2) is 34.8 Å². The molecule has 0 bridgehead atoms. The van der Waals surface area contributed by atoms with Gasteiger partial charge in [0.05, 0.1) is 12.8 Å². The molecule has 1 aromatic carbocycles. The minimum Gasteiger partial charge on any atom is -0.495 e. The highest BCUT2D eigenvalue weighted by Crippen LogP contribution is 2.27. The molecule has 0 radical (unpaired) electrons. The summed E-state index contributed by atoms with van der Waals surface area (Å²) in [6.07, 6.45) is 1.72. The summed E-state index contributed by atoms with van der Waals surface area (Å²) in [5.74, 6) is 1.65. The van der Waals surface area contributed by atoms with Crippen LogP contribution < -0.4 is 15.8 Å². The van der Waals surface area contributed by atoms with Gasteiger partial charge in [0.1, 0.15) is 5.75 Å². The summed E-state index contributed by atoms with van der Waals surface area (Å²) in [6.45, 7) is 0. The van der Waals surface area contributed by atoms with E-state index in [1.165, 1.54) is 0 Å². The van der Waals surface area contributed by atoms with E-state index in [-0.39, 0.29) is 6.04 Å². The summed E-state index contributed by atoms with van der Waals surface area (Å²) in [7, 11) is 0.901. The summed E-state index contributed by atoms with van der Waals surface area (Å²) in [5, 5.41) is 3.35. The smallest absolute Gasteiger partial charge is 0.248 e. The number of nitrogens with one attached hydrogen (secondary N) is 1. The quantitative estimate of drug-likeness (QED) is 0.867. The normalized spacial score (nSPS) is 22.8. The van der Waals surface area contributed by atoms with Crippen molar-refractivity contribution in [3.05, 3.63) is 23.8 Å². The maximum absolute atomic E-state index is 11.3. The Morgan fingerprint density at radius 3 is 2.68 bits per heavy atom. The zero-order valence-electron chi connectivity index (χ0n) is 10.8. The van der Waals surface area contributed by atoms with Crippen LogP contribution in [0, 0.1) is 0 Å². The number of methoxy groups -OCH3 is 1. The molecular formula is C13H18N2O3S. The number of hydrogen-bond acceptors (Lipinski definition) is 4. The summed E-state index contributed by atoms with van der Waals surface area (Å²) in [4.78, 5) is 11.2. The molecule has 104 valence electrons. The summed E-state index contributed by atoms with van der Waals surface area (Å²) < 4.78 is 16.6. The van der Waals surface area contributed by atoms with Gasteiger partial charge in [-0.3, -0.25) is 9.00 Å². The second-order valence-corrected chi connectivity index (χ2v) is 6.24. The van der Waals surface area contributed by atoms with Gasteiger partial charge in [-0.25, -0.2) is 0 Å². The predicted molar refractivity (Wildman–Crippen MR) is 76.0 cm³/mol. The van der Waals surface area contributed by atoms with Crippen LogP contribution in [0.1, 0.15) is 23.2 Å². The molecule has 1 saturated heterocycles. The maximum Gasteiger partial charge on any atom is 0.248 e. The number of anilines is 1. The zero-order valence-corrected chi connectivity index (χ0v) is 11.7. The van der Waals surface area contributed by atoms with Gasteiger partial charge < -0.3 is 15.8 Å². The maximum atomic E-state index is 11.3. The average Bonchev–Trinajstić information content (AvgIpc) is 2.41. The molecule has 1 amide bonds. The van der Waals surface area contributed by atoms with E-state index in [1.54, 1.807) is 25.3 Å². The van der Waals surface area contributed by atoms with E-state index in [0.717, 1.165) is 30.0 Å². The average molecular weight is 282 g/mol. The Morgan fingerprint density at radius 1 is 1.42 bits per heavy atom. The molecule has 1 aliphatic heterocycles. The van der Waals surface area contributed by atoms with Crippen LogP contribution in [0.5, 0.6) is 5.75 Å². The Bertz CT molecular complexity index is 495. The fraction of sp³-hybridized carbons (Fsp3) is 0.462. The molecule has 2 rings (SSSR count). The van der Waals surface area contributed by atoms with Gasteiger partial charge in [0.25, 0.3) is 0 Å². The lowest BCUT2D eigenvalue weighted by molar-refractivity contribution is 0.100. The molecule has 6 heteroatoms. The first-order valence-electron chi connectivity index (χ1n) is 6.19. The van der Waals surface area contributed by atoms with Gasteiger partial charge in [-0.2, -0.15) is 0 Å². The van der Waals surface area contributed by atoms with Crippen LogP contribution in [0.25, 0.3) is 0 Å². The zero-order chi connectivity index (χ0) is 13.8. The number of primary amides is 1. The fourth-order valence-corrected chi connectivity index (χ4v) is 3.43. The van der Waals surface area contributed by atoms with Gasteiger partial charge in [-0.05, 0) is 31.0 Å². The van der Waals surface area contributed by atoms with E-state index < -0.39 is 16.7 Å². The van der Waals surface area contributed by atoms with E-state index in [0.29, 0.717) is 11.3 Å². The van der Waals surface area contributed by atoms with Crippen molar-refractivity contribution in [2.75, 3.05) is 23.9 Å². The molecule has 0 aliphatic carbocycles. The van der Waals surface area contributed by atoms with Gasteiger partial charge in [0.2, 0.25) is 5.91 Å². The molecule has 19 heavy (non-hydrogen) atoms. The number of benzene rings is 1. The third-order valence-electron chi connectivity index (χ3n) is 3.23. The van der Waals surface area contributed by atoms with Crippen LogP contribution in [0.4, 0.5) is 5.69 Å². The number of rotatable bonds is 4. The molecule has 1 aromatic rings. The van der Waals surface area contributed by atoms with Crippen molar-refractivity contribution in [1.82, 2.24) is 0 Å². The monoisotopic (exact) mass is 282 g/mol. The minimum absolute atomic E-state index is 0.259. The number of ether oxygens (including phenoxy) is 1. The third-order valence-corrected chi connectivity index (χ3v) is 4.61. The number of hydrogen-bond donors (Lipinski definition) is 2. The lowest BCUT2D eigenvalue weighted by Crippen LogP contribution is -2.29. The molecule has 0 spiro atoms. The van der Waals surface area contributed by atoms with Crippen molar-refractivity contribution in [3.63, 3.8) is 0 Å².